The Bertz CT molecular complexity index is 490. The van der Waals surface area contributed by atoms with E-state index in [2.05, 4.69) is 26.1 Å². The number of hydrogen-bond donors (Lipinski definition) is 0. The second-order valence-corrected chi connectivity index (χ2v) is 3.66. The maximum Gasteiger partial charge on any atom is 0.200 e. The van der Waals surface area contributed by atoms with Gasteiger partial charge in [-0.25, -0.2) is 8.78 Å². The highest BCUT2D eigenvalue weighted by Gasteiger charge is 2.17. The average molecular weight is 274 g/mol. The fourth-order valence-corrected chi connectivity index (χ4v) is 1.49. The van der Waals surface area contributed by atoms with Gasteiger partial charge in [0.2, 0.25) is 0 Å². The van der Waals surface area contributed by atoms with Crippen LogP contribution in [0.2, 0.25) is 0 Å². The normalized spacial score (nSPS) is 10.7. The second kappa shape index (κ2) is 3.69. The first kappa shape index (κ1) is 10.2. The van der Waals surface area contributed by atoms with E-state index in [1.165, 1.54) is 22.8 Å². The summed E-state index contributed by atoms with van der Waals surface area (Å²) < 4.78 is 28.7. The van der Waals surface area contributed by atoms with E-state index in [-0.39, 0.29) is 11.4 Å². The summed E-state index contributed by atoms with van der Waals surface area (Å²) in [4.78, 5) is 0. The lowest BCUT2D eigenvalue weighted by molar-refractivity contribution is 0.585. The van der Waals surface area contributed by atoms with Crippen molar-refractivity contribution < 1.29 is 8.78 Å². The van der Waals surface area contributed by atoms with E-state index in [1.54, 1.807) is 7.05 Å². The summed E-state index contributed by atoms with van der Waals surface area (Å²) in [5.41, 5.74) is -0.168. The molecule has 2 rings (SSSR count). The van der Waals surface area contributed by atoms with E-state index < -0.39 is 11.6 Å². The van der Waals surface area contributed by atoms with Gasteiger partial charge in [-0.3, -0.25) is 0 Å². The topological polar surface area (TPSA) is 30.7 Å². The van der Waals surface area contributed by atoms with Gasteiger partial charge in [-0.05, 0) is 28.1 Å². The Hall–Kier alpha value is -1.30. The fourth-order valence-electron chi connectivity index (χ4n) is 1.24. The molecule has 3 nitrogen and oxygen atoms in total. The molecule has 0 fully saturated rings. The second-order valence-electron chi connectivity index (χ2n) is 2.95. The van der Waals surface area contributed by atoms with E-state index in [0.717, 1.165) is 0 Å². The molecule has 15 heavy (non-hydrogen) atoms. The third-order valence-corrected chi connectivity index (χ3v) is 2.70. The van der Waals surface area contributed by atoms with Crippen molar-refractivity contribution in [1.82, 2.24) is 14.8 Å². The van der Waals surface area contributed by atoms with Crippen molar-refractivity contribution in [3.05, 3.63) is 34.6 Å². The van der Waals surface area contributed by atoms with Crippen LogP contribution in [0.1, 0.15) is 0 Å². The molecular weight excluding hydrogens is 268 g/mol. The highest BCUT2D eigenvalue weighted by atomic mass is 79.9. The van der Waals surface area contributed by atoms with Crippen molar-refractivity contribution in [3.8, 4) is 11.4 Å². The molecule has 2 aromatic rings. The van der Waals surface area contributed by atoms with E-state index in [4.69, 9.17) is 0 Å². The number of nitrogens with zero attached hydrogens (tertiary/aromatic N) is 3. The molecule has 0 spiro atoms. The van der Waals surface area contributed by atoms with Crippen LogP contribution >= 0.6 is 15.9 Å². The van der Waals surface area contributed by atoms with Gasteiger partial charge in [0.25, 0.3) is 0 Å². The lowest BCUT2D eigenvalue weighted by atomic mass is 10.2. The first-order valence-corrected chi connectivity index (χ1v) is 4.90. The van der Waals surface area contributed by atoms with Crippen molar-refractivity contribution in [2.45, 2.75) is 0 Å². The predicted molar refractivity (Wildman–Crippen MR) is 54.1 cm³/mol. The van der Waals surface area contributed by atoms with Crippen LogP contribution in [0, 0.1) is 11.6 Å². The quantitative estimate of drug-likeness (QED) is 0.800. The maximum absolute atomic E-state index is 13.4. The molecule has 6 heteroatoms. The van der Waals surface area contributed by atoms with Crippen LogP contribution in [0.15, 0.2) is 22.9 Å². The summed E-state index contributed by atoms with van der Waals surface area (Å²) in [6, 6.07) is 3.67. The van der Waals surface area contributed by atoms with Crippen LogP contribution in [0.25, 0.3) is 11.4 Å². The fraction of sp³-hybridized carbons (Fsp3) is 0.111. The van der Waals surface area contributed by atoms with E-state index >= 15 is 0 Å². The van der Waals surface area contributed by atoms with Gasteiger partial charge in [-0.2, -0.15) is 0 Å². The van der Waals surface area contributed by atoms with Crippen LogP contribution in [-0.4, -0.2) is 14.8 Å². The molecule has 1 heterocycles. The van der Waals surface area contributed by atoms with Crippen molar-refractivity contribution in [2.24, 2.45) is 7.05 Å². The van der Waals surface area contributed by atoms with E-state index in [9.17, 15) is 8.78 Å². The Morgan fingerprint density at radius 3 is 2.27 bits per heavy atom. The van der Waals surface area contributed by atoms with E-state index in [0.29, 0.717) is 4.73 Å². The van der Waals surface area contributed by atoms with Gasteiger partial charge in [-0.15, -0.1) is 10.2 Å². The number of aromatic nitrogens is 3. The molecular formula is C9H6BrF2N3. The summed E-state index contributed by atoms with van der Waals surface area (Å²) in [6.45, 7) is 0. The molecule has 1 aromatic carbocycles. The summed E-state index contributed by atoms with van der Waals surface area (Å²) in [5, 5.41) is 7.36. The Labute approximate surface area is 92.9 Å². The minimum absolute atomic E-state index is 0.150. The van der Waals surface area contributed by atoms with Gasteiger partial charge < -0.3 is 4.57 Å². The molecule has 0 atom stereocenters. The third-order valence-electron chi connectivity index (χ3n) is 2.01. The molecule has 0 amide bonds. The van der Waals surface area contributed by atoms with Crippen molar-refractivity contribution in [2.75, 3.05) is 0 Å². The average Bonchev–Trinajstić information content (AvgIpc) is 2.49. The molecule has 0 radical (unpaired) electrons. The third kappa shape index (κ3) is 1.65. The number of rotatable bonds is 1. The molecule has 0 N–H and O–H groups in total. The molecule has 0 unspecified atom stereocenters. The summed E-state index contributed by atoms with van der Waals surface area (Å²) in [7, 11) is 1.62. The van der Waals surface area contributed by atoms with Crippen LogP contribution in [0.4, 0.5) is 8.78 Å². The molecule has 0 aliphatic heterocycles. The molecule has 0 aliphatic carbocycles. The van der Waals surface area contributed by atoms with Crippen molar-refractivity contribution >= 4 is 15.9 Å². The van der Waals surface area contributed by atoms with Crippen LogP contribution in [0.5, 0.6) is 0 Å². The van der Waals surface area contributed by atoms with Crippen LogP contribution < -0.4 is 0 Å². The number of halogens is 3. The summed E-state index contributed by atoms with van der Waals surface area (Å²) in [5.74, 6) is -1.16. The minimum Gasteiger partial charge on any atom is -0.305 e. The van der Waals surface area contributed by atoms with E-state index in [1.807, 2.05) is 0 Å². The van der Waals surface area contributed by atoms with Gasteiger partial charge in [-0.1, -0.05) is 6.07 Å². The van der Waals surface area contributed by atoms with Gasteiger partial charge >= 0.3 is 0 Å². The smallest absolute Gasteiger partial charge is 0.200 e. The lowest BCUT2D eigenvalue weighted by Crippen LogP contribution is -1.98. The van der Waals surface area contributed by atoms with Crippen LogP contribution in [0.3, 0.4) is 0 Å². The minimum atomic E-state index is -0.655. The largest absolute Gasteiger partial charge is 0.305 e. The SMILES string of the molecule is Cn1c(Br)nnc1-c1c(F)cccc1F. The Morgan fingerprint density at radius 2 is 1.80 bits per heavy atom. The molecule has 0 saturated heterocycles. The highest BCUT2D eigenvalue weighted by molar-refractivity contribution is 9.10. The Morgan fingerprint density at radius 1 is 1.20 bits per heavy atom. The lowest BCUT2D eigenvalue weighted by Gasteiger charge is -2.03. The molecule has 0 aliphatic rings. The summed E-state index contributed by atoms with van der Waals surface area (Å²) >= 11 is 3.11. The van der Waals surface area contributed by atoms with Gasteiger partial charge in [0.15, 0.2) is 10.6 Å². The molecule has 0 bridgehead atoms. The zero-order chi connectivity index (χ0) is 11.0. The molecule has 78 valence electrons. The first-order chi connectivity index (χ1) is 7.11. The zero-order valence-electron chi connectivity index (χ0n) is 7.71. The van der Waals surface area contributed by atoms with Crippen molar-refractivity contribution in [3.63, 3.8) is 0 Å². The number of hydrogen-bond acceptors (Lipinski definition) is 2. The molecule has 1 aromatic heterocycles. The first-order valence-electron chi connectivity index (χ1n) is 4.10. The Balaban J connectivity index is 2.69. The summed E-state index contributed by atoms with van der Waals surface area (Å²) in [6.07, 6.45) is 0. The highest BCUT2D eigenvalue weighted by Crippen LogP contribution is 2.25. The van der Waals surface area contributed by atoms with Crippen molar-refractivity contribution in [1.29, 1.82) is 0 Å². The maximum atomic E-state index is 13.4. The number of benzene rings is 1. The Kier molecular flexibility index (Phi) is 2.52. The van der Waals surface area contributed by atoms with Crippen LogP contribution in [-0.2, 0) is 7.05 Å². The zero-order valence-corrected chi connectivity index (χ0v) is 9.29. The van der Waals surface area contributed by atoms with Gasteiger partial charge in [0.1, 0.15) is 11.6 Å². The standard InChI is InChI=1S/C9H6BrF2N3/c1-15-8(13-14-9(15)10)7-5(11)3-2-4-6(7)12/h2-4H,1H3. The monoisotopic (exact) mass is 273 g/mol. The van der Waals surface area contributed by atoms with Gasteiger partial charge in [0.05, 0.1) is 5.56 Å². The predicted octanol–water partition coefficient (Wildman–Crippen LogP) is 2.52. The molecule has 0 saturated carbocycles. The van der Waals surface area contributed by atoms with Gasteiger partial charge in [0, 0.05) is 7.05 Å².